The second-order valence-corrected chi connectivity index (χ2v) is 7.79. The largest absolute Gasteiger partial charge is 0.467 e. The average molecular weight is 419 g/mol. The standard InChI is InChI=1S/C20H25N3O7/c1-11(2)7-13(17(25)28-4)21-16(24)9-23-18(26)20(3,22-19(23)27)12-5-6-14-15(8-12)30-10-29-14/h5-6,8,11,13H,7,9-10H2,1-4H3,(H,21,24)(H,22,27)/t13-,20-/m1/s1. The summed E-state index contributed by atoms with van der Waals surface area (Å²) in [6.07, 6.45) is 0.369. The van der Waals surface area contributed by atoms with Gasteiger partial charge in [0.2, 0.25) is 12.7 Å². The molecule has 0 aromatic heterocycles. The van der Waals surface area contributed by atoms with Crippen molar-refractivity contribution in [2.45, 2.75) is 38.8 Å². The van der Waals surface area contributed by atoms with Crippen molar-refractivity contribution in [3.8, 4) is 11.5 Å². The number of carbonyl (C=O) groups is 4. The van der Waals surface area contributed by atoms with E-state index in [1.54, 1.807) is 25.1 Å². The van der Waals surface area contributed by atoms with E-state index in [1.807, 2.05) is 13.8 Å². The van der Waals surface area contributed by atoms with E-state index in [-0.39, 0.29) is 12.7 Å². The lowest BCUT2D eigenvalue weighted by Gasteiger charge is -2.23. The molecule has 0 spiro atoms. The Bertz CT molecular complexity index is 885. The second-order valence-electron chi connectivity index (χ2n) is 7.79. The van der Waals surface area contributed by atoms with E-state index in [4.69, 9.17) is 14.2 Å². The van der Waals surface area contributed by atoms with Crippen molar-refractivity contribution in [1.29, 1.82) is 0 Å². The lowest BCUT2D eigenvalue weighted by Crippen LogP contribution is -2.48. The van der Waals surface area contributed by atoms with Gasteiger partial charge in [0.05, 0.1) is 7.11 Å². The van der Waals surface area contributed by atoms with Crippen LogP contribution < -0.4 is 20.1 Å². The number of esters is 1. The van der Waals surface area contributed by atoms with E-state index in [2.05, 4.69) is 10.6 Å². The van der Waals surface area contributed by atoms with Gasteiger partial charge in [0.1, 0.15) is 18.1 Å². The van der Waals surface area contributed by atoms with Crippen molar-refractivity contribution in [1.82, 2.24) is 15.5 Å². The number of imide groups is 1. The Morgan fingerprint density at radius 2 is 1.97 bits per heavy atom. The molecule has 2 atom stereocenters. The molecule has 1 fully saturated rings. The monoisotopic (exact) mass is 419 g/mol. The zero-order valence-corrected chi connectivity index (χ0v) is 17.3. The minimum atomic E-state index is -1.36. The molecule has 4 amide bonds. The van der Waals surface area contributed by atoms with E-state index >= 15 is 0 Å². The van der Waals surface area contributed by atoms with Gasteiger partial charge >= 0.3 is 12.0 Å². The number of benzene rings is 1. The predicted molar refractivity (Wildman–Crippen MR) is 104 cm³/mol. The van der Waals surface area contributed by atoms with Crippen molar-refractivity contribution in [2.24, 2.45) is 5.92 Å². The summed E-state index contributed by atoms with van der Waals surface area (Å²) in [5.41, 5.74) is -0.863. The number of ether oxygens (including phenoxy) is 3. The summed E-state index contributed by atoms with van der Waals surface area (Å²) in [4.78, 5) is 50.7. The first-order chi connectivity index (χ1) is 14.2. The molecule has 2 aliphatic heterocycles. The van der Waals surface area contributed by atoms with Crippen molar-refractivity contribution in [3.05, 3.63) is 23.8 Å². The van der Waals surface area contributed by atoms with Gasteiger partial charge in [0.15, 0.2) is 11.5 Å². The topological polar surface area (TPSA) is 123 Å². The van der Waals surface area contributed by atoms with Gasteiger partial charge in [-0.15, -0.1) is 0 Å². The average Bonchev–Trinajstić information content (AvgIpc) is 3.25. The molecule has 2 N–H and O–H groups in total. The van der Waals surface area contributed by atoms with Gasteiger partial charge in [-0.25, -0.2) is 9.59 Å². The third-order valence-electron chi connectivity index (χ3n) is 5.05. The number of fused-ring (bicyclic) bond motifs is 1. The highest BCUT2D eigenvalue weighted by Gasteiger charge is 2.50. The smallest absolute Gasteiger partial charge is 0.328 e. The van der Waals surface area contributed by atoms with Crippen LogP contribution in [0.2, 0.25) is 0 Å². The van der Waals surface area contributed by atoms with Crippen LogP contribution in [0.25, 0.3) is 0 Å². The molecule has 2 heterocycles. The van der Waals surface area contributed by atoms with Gasteiger partial charge in [-0.05, 0) is 37.0 Å². The van der Waals surface area contributed by atoms with Gasteiger partial charge in [0.25, 0.3) is 5.91 Å². The summed E-state index contributed by atoms with van der Waals surface area (Å²) in [6, 6.07) is 3.38. The molecular formula is C20H25N3O7. The molecule has 0 bridgehead atoms. The molecule has 30 heavy (non-hydrogen) atoms. The van der Waals surface area contributed by atoms with Crippen LogP contribution >= 0.6 is 0 Å². The summed E-state index contributed by atoms with van der Waals surface area (Å²) in [5, 5.41) is 5.18. The Morgan fingerprint density at radius 3 is 2.63 bits per heavy atom. The van der Waals surface area contributed by atoms with Gasteiger partial charge in [-0.3, -0.25) is 14.5 Å². The molecular weight excluding hydrogens is 394 g/mol. The highest BCUT2D eigenvalue weighted by atomic mass is 16.7. The summed E-state index contributed by atoms with van der Waals surface area (Å²) in [5.74, 6) is -0.653. The maximum Gasteiger partial charge on any atom is 0.328 e. The van der Waals surface area contributed by atoms with Crippen molar-refractivity contribution < 1.29 is 33.4 Å². The van der Waals surface area contributed by atoms with E-state index in [1.165, 1.54) is 7.11 Å². The van der Waals surface area contributed by atoms with E-state index in [0.717, 1.165) is 4.90 Å². The molecule has 162 valence electrons. The summed E-state index contributed by atoms with van der Waals surface area (Å²) < 4.78 is 15.3. The summed E-state index contributed by atoms with van der Waals surface area (Å²) in [7, 11) is 1.23. The highest BCUT2D eigenvalue weighted by Crippen LogP contribution is 2.37. The quantitative estimate of drug-likeness (QED) is 0.497. The fraction of sp³-hybridized carbons (Fsp3) is 0.500. The number of carbonyl (C=O) groups excluding carboxylic acids is 4. The number of urea groups is 1. The Hall–Kier alpha value is -3.30. The molecule has 10 heteroatoms. The predicted octanol–water partition coefficient (Wildman–Crippen LogP) is 0.886. The molecule has 2 aliphatic rings. The lowest BCUT2D eigenvalue weighted by molar-refractivity contribution is -0.145. The van der Waals surface area contributed by atoms with Crippen LogP contribution in [-0.2, 0) is 24.7 Å². The number of nitrogens with zero attached hydrogens (tertiary/aromatic N) is 1. The Kier molecular flexibility index (Phi) is 5.86. The van der Waals surface area contributed by atoms with Crippen LogP contribution in [0.1, 0.15) is 32.8 Å². The SMILES string of the molecule is COC(=O)[C@@H](CC(C)C)NC(=O)CN1C(=O)N[C@](C)(c2ccc3c(c2)OCO3)C1=O. The second kappa shape index (κ2) is 8.21. The van der Waals surface area contributed by atoms with Crippen LogP contribution in [0.5, 0.6) is 11.5 Å². The van der Waals surface area contributed by atoms with Crippen LogP contribution in [0, 0.1) is 5.92 Å². The van der Waals surface area contributed by atoms with Crippen molar-refractivity contribution in [3.63, 3.8) is 0 Å². The molecule has 0 unspecified atom stereocenters. The Balaban J connectivity index is 1.73. The highest BCUT2D eigenvalue weighted by molar-refractivity contribution is 6.09. The van der Waals surface area contributed by atoms with E-state index in [9.17, 15) is 19.2 Å². The number of methoxy groups -OCH3 is 1. The molecule has 10 nitrogen and oxygen atoms in total. The van der Waals surface area contributed by atoms with Gasteiger partial charge in [-0.1, -0.05) is 19.9 Å². The molecule has 1 aromatic carbocycles. The van der Waals surface area contributed by atoms with Gasteiger partial charge in [-0.2, -0.15) is 0 Å². The Labute approximate surface area is 173 Å². The van der Waals surface area contributed by atoms with Crippen LogP contribution in [-0.4, -0.2) is 55.2 Å². The van der Waals surface area contributed by atoms with E-state index < -0.39 is 41.9 Å². The Morgan fingerprint density at radius 1 is 1.27 bits per heavy atom. The third kappa shape index (κ3) is 4.03. The van der Waals surface area contributed by atoms with Crippen LogP contribution in [0.15, 0.2) is 18.2 Å². The maximum absolute atomic E-state index is 13.0. The number of nitrogens with one attached hydrogen (secondary N) is 2. The molecule has 3 rings (SSSR count). The normalized spacial score (nSPS) is 20.9. The third-order valence-corrected chi connectivity index (χ3v) is 5.05. The zero-order chi connectivity index (χ0) is 22.1. The molecule has 0 radical (unpaired) electrons. The molecule has 1 saturated heterocycles. The first-order valence-corrected chi connectivity index (χ1v) is 9.57. The summed E-state index contributed by atoms with van der Waals surface area (Å²) >= 11 is 0. The van der Waals surface area contributed by atoms with Crippen LogP contribution in [0.4, 0.5) is 4.79 Å². The summed E-state index contributed by atoms with van der Waals surface area (Å²) in [6.45, 7) is 4.92. The number of hydrogen-bond acceptors (Lipinski definition) is 7. The van der Waals surface area contributed by atoms with Gasteiger partial charge in [0, 0.05) is 0 Å². The zero-order valence-electron chi connectivity index (χ0n) is 17.3. The lowest BCUT2D eigenvalue weighted by atomic mass is 9.91. The van der Waals surface area contributed by atoms with Gasteiger partial charge < -0.3 is 24.8 Å². The minimum Gasteiger partial charge on any atom is -0.467 e. The first-order valence-electron chi connectivity index (χ1n) is 9.57. The number of amides is 4. The van der Waals surface area contributed by atoms with Crippen molar-refractivity contribution in [2.75, 3.05) is 20.4 Å². The molecule has 1 aromatic rings. The molecule has 0 aliphatic carbocycles. The van der Waals surface area contributed by atoms with Crippen molar-refractivity contribution >= 4 is 23.8 Å². The number of rotatable bonds is 7. The minimum absolute atomic E-state index is 0.0832. The fourth-order valence-electron chi connectivity index (χ4n) is 3.46. The molecule has 0 saturated carbocycles. The first kappa shape index (κ1) is 21.4. The maximum atomic E-state index is 13.0. The van der Waals surface area contributed by atoms with E-state index in [0.29, 0.717) is 23.5 Å². The van der Waals surface area contributed by atoms with Crippen LogP contribution in [0.3, 0.4) is 0 Å². The fourth-order valence-corrected chi connectivity index (χ4v) is 3.46. The number of hydrogen-bond donors (Lipinski definition) is 2.